The molecule has 3 heteroatoms. The van der Waals surface area contributed by atoms with Gasteiger partial charge in [-0.3, -0.25) is 0 Å². The van der Waals surface area contributed by atoms with Crippen LogP contribution in [0.25, 0.3) is 0 Å². The van der Waals surface area contributed by atoms with Crippen molar-refractivity contribution in [1.29, 1.82) is 0 Å². The zero-order valence-corrected chi connectivity index (χ0v) is 12.4. The molecule has 1 aliphatic carbocycles. The highest BCUT2D eigenvalue weighted by Crippen LogP contribution is 2.39. The average Bonchev–Trinajstić information content (AvgIpc) is 2.76. The molecule has 1 saturated carbocycles. The molecule has 1 aliphatic heterocycles. The van der Waals surface area contributed by atoms with E-state index in [4.69, 9.17) is 11.6 Å². The SMILES string of the molecule is CC1CCCC1NC1CCSc2ccc(Cl)cc21. The predicted octanol–water partition coefficient (Wildman–Crippen LogP) is 4.66. The molecule has 98 valence electrons. The Hall–Kier alpha value is -0.180. The lowest BCUT2D eigenvalue weighted by atomic mass is 9.99. The maximum atomic E-state index is 6.15. The fourth-order valence-corrected chi connectivity index (χ4v) is 4.48. The topological polar surface area (TPSA) is 12.0 Å². The summed E-state index contributed by atoms with van der Waals surface area (Å²) in [5.41, 5.74) is 1.41. The van der Waals surface area contributed by atoms with Crippen LogP contribution in [0.3, 0.4) is 0 Å². The molecule has 0 aromatic heterocycles. The minimum Gasteiger partial charge on any atom is -0.307 e. The molecule has 2 aliphatic rings. The van der Waals surface area contributed by atoms with E-state index in [0.717, 1.165) is 10.9 Å². The average molecular weight is 282 g/mol. The maximum absolute atomic E-state index is 6.15. The van der Waals surface area contributed by atoms with Crippen molar-refractivity contribution in [2.45, 2.75) is 49.6 Å². The van der Waals surface area contributed by atoms with Crippen LogP contribution in [0, 0.1) is 5.92 Å². The van der Waals surface area contributed by atoms with Crippen molar-refractivity contribution in [3.8, 4) is 0 Å². The van der Waals surface area contributed by atoms with Crippen molar-refractivity contribution in [3.63, 3.8) is 0 Å². The summed E-state index contributed by atoms with van der Waals surface area (Å²) in [6.07, 6.45) is 5.31. The molecule has 0 radical (unpaired) electrons. The largest absolute Gasteiger partial charge is 0.307 e. The number of thioether (sulfide) groups is 1. The van der Waals surface area contributed by atoms with Gasteiger partial charge in [-0.2, -0.15) is 0 Å². The van der Waals surface area contributed by atoms with Gasteiger partial charge < -0.3 is 5.32 Å². The normalized spacial score (nSPS) is 31.3. The number of fused-ring (bicyclic) bond motifs is 1. The quantitative estimate of drug-likeness (QED) is 0.846. The van der Waals surface area contributed by atoms with Gasteiger partial charge in [0, 0.05) is 22.0 Å². The Morgan fingerprint density at radius 1 is 1.28 bits per heavy atom. The first-order valence-corrected chi connectivity index (χ1v) is 8.28. The van der Waals surface area contributed by atoms with E-state index in [2.05, 4.69) is 24.4 Å². The highest BCUT2D eigenvalue weighted by molar-refractivity contribution is 7.99. The Labute approximate surface area is 119 Å². The lowest BCUT2D eigenvalue weighted by molar-refractivity contribution is 0.366. The van der Waals surface area contributed by atoms with Crippen LogP contribution in [0.4, 0.5) is 0 Å². The van der Waals surface area contributed by atoms with Crippen molar-refractivity contribution >= 4 is 23.4 Å². The summed E-state index contributed by atoms with van der Waals surface area (Å²) in [7, 11) is 0. The summed E-state index contributed by atoms with van der Waals surface area (Å²) < 4.78 is 0. The molecule has 18 heavy (non-hydrogen) atoms. The third-order valence-electron chi connectivity index (χ3n) is 4.29. The Kier molecular flexibility index (Phi) is 3.88. The Morgan fingerprint density at radius 3 is 2.94 bits per heavy atom. The molecule has 0 amide bonds. The molecule has 0 spiro atoms. The van der Waals surface area contributed by atoms with Crippen LogP contribution in [0.2, 0.25) is 5.02 Å². The van der Waals surface area contributed by atoms with Gasteiger partial charge in [0.1, 0.15) is 0 Å². The maximum Gasteiger partial charge on any atom is 0.0410 e. The first kappa shape index (κ1) is 12.8. The monoisotopic (exact) mass is 281 g/mol. The lowest BCUT2D eigenvalue weighted by Gasteiger charge is -2.30. The van der Waals surface area contributed by atoms with Gasteiger partial charge in [-0.1, -0.05) is 24.9 Å². The third-order valence-corrected chi connectivity index (χ3v) is 5.65. The van der Waals surface area contributed by atoms with Crippen LogP contribution >= 0.6 is 23.4 Å². The van der Waals surface area contributed by atoms with Crippen LogP contribution in [-0.2, 0) is 0 Å². The van der Waals surface area contributed by atoms with Gasteiger partial charge in [-0.05, 0) is 54.7 Å². The minimum absolute atomic E-state index is 0.505. The summed E-state index contributed by atoms with van der Waals surface area (Å²) in [5, 5.41) is 4.74. The number of rotatable bonds is 2. The van der Waals surface area contributed by atoms with E-state index in [0.29, 0.717) is 12.1 Å². The fourth-order valence-electron chi connectivity index (χ4n) is 3.19. The first-order chi connectivity index (χ1) is 8.74. The van der Waals surface area contributed by atoms with Gasteiger partial charge >= 0.3 is 0 Å². The zero-order valence-electron chi connectivity index (χ0n) is 10.8. The van der Waals surface area contributed by atoms with Crippen LogP contribution < -0.4 is 5.32 Å². The second-order valence-corrected chi connectivity index (χ2v) is 7.13. The molecule has 1 N–H and O–H groups in total. The van der Waals surface area contributed by atoms with Gasteiger partial charge in [-0.15, -0.1) is 11.8 Å². The van der Waals surface area contributed by atoms with Crippen molar-refractivity contribution < 1.29 is 0 Å². The summed E-state index contributed by atoms with van der Waals surface area (Å²) in [6.45, 7) is 2.38. The highest BCUT2D eigenvalue weighted by atomic mass is 35.5. The molecule has 3 unspecified atom stereocenters. The smallest absolute Gasteiger partial charge is 0.0410 e. The van der Waals surface area contributed by atoms with E-state index >= 15 is 0 Å². The molecule has 0 saturated heterocycles. The summed E-state index contributed by atoms with van der Waals surface area (Å²) in [6, 6.07) is 7.54. The second-order valence-electron chi connectivity index (χ2n) is 5.55. The van der Waals surface area contributed by atoms with Gasteiger partial charge in [0.05, 0.1) is 0 Å². The molecule has 1 nitrogen and oxygen atoms in total. The number of benzene rings is 1. The molecule has 1 aromatic carbocycles. The van der Waals surface area contributed by atoms with Crippen molar-refractivity contribution in [1.82, 2.24) is 5.32 Å². The number of nitrogens with one attached hydrogen (secondary N) is 1. The van der Waals surface area contributed by atoms with E-state index in [1.807, 2.05) is 17.8 Å². The molecule has 1 heterocycles. The van der Waals surface area contributed by atoms with Gasteiger partial charge in [0.25, 0.3) is 0 Å². The van der Waals surface area contributed by atoms with Gasteiger partial charge in [0.2, 0.25) is 0 Å². The van der Waals surface area contributed by atoms with Crippen molar-refractivity contribution in [3.05, 3.63) is 28.8 Å². The van der Waals surface area contributed by atoms with E-state index in [9.17, 15) is 0 Å². The van der Waals surface area contributed by atoms with Crippen LogP contribution in [0.5, 0.6) is 0 Å². The van der Waals surface area contributed by atoms with Crippen LogP contribution in [-0.4, -0.2) is 11.8 Å². The molecule has 3 rings (SSSR count). The van der Waals surface area contributed by atoms with E-state index in [1.165, 1.54) is 41.9 Å². The Bertz CT molecular complexity index is 435. The van der Waals surface area contributed by atoms with Gasteiger partial charge in [-0.25, -0.2) is 0 Å². The van der Waals surface area contributed by atoms with Crippen LogP contribution in [0.1, 0.15) is 44.2 Å². The summed E-state index contributed by atoms with van der Waals surface area (Å²) in [5.74, 6) is 2.04. The van der Waals surface area contributed by atoms with Crippen LogP contribution in [0.15, 0.2) is 23.1 Å². The summed E-state index contributed by atoms with van der Waals surface area (Å²) >= 11 is 8.11. The van der Waals surface area contributed by atoms with Gasteiger partial charge in [0.15, 0.2) is 0 Å². The summed E-state index contributed by atoms with van der Waals surface area (Å²) in [4.78, 5) is 1.41. The lowest BCUT2D eigenvalue weighted by Crippen LogP contribution is -2.36. The third kappa shape index (κ3) is 2.56. The van der Waals surface area contributed by atoms with E-state index in [1.54, 1.807) is 0 Å². The fraction of sp³-hybridized carbons (Fsp3) is 0.600. The van der Waals surface area contributed by atoms with E-state index < -0.39 is 0 Å². The molecular weight excluding hydrogens is 262 g/mol. The molecule has 0 bridgehead atoms. The van der Waals surface area contributed by atoms with E-state index in [-0.39, 0.29) is 0 Å². The Morgan fingerprint density at radius 2 is 2.17 bits per heavy atom. The minimum atomic E-state index is 0.505. The second kappa shape index (κ2) is 5.44. The standard InChI is InChI=1S/C15H20ClNS/c1-10-3-2-4-13(10)17-14-7-8-18-15-6-5-11(16)9-12(14)15/h5-6,9-10,13-14,17H,2-4,7-8H2,1H3. The Balaban J connectivity index is 1.80. The number of hydrogen-bond donors (Lipinski definition) is 1. The number of hydrogen-bond acceptors (Lipinski definition) is 2. The highest BCUT2D eigenvalue weighted by Gasteiger charge is 2.28. The predicted molar refractivity (Wildman–Crippen MR) is 79.5 cm³/mol. The molecular formula is C15H20ClNS. The molecule has 3 atom stereocenters. The first-order valence-electron chi connectivity index (χ1n) is 6.92. The molecule has 1 aromatic rings. The number of halogens is 1. The van der Waals surface area contributed by atoms with Crippen molar-refractivity contribution in [2.75, 3.05) is 5.75 Å². The molecule has 1 fully saturated rings. The zero-order chi connectivity index (χ0) is 12.5. The van der Waals surface area contributed by atoms with Crippen molar-refractivity contribution in [2.24, 2.45) is 5.92 Å².